The molecule has 0 radical (unpaired) electrons. The summed E-state index contributed by atoms with van der Waals surface area (Å²) in [5.41, 5.74) is 7.70. The van der Waals surface area contributed by atoms with Crippen molar-refractivity contribution >= 4 is 27.4 Å². The van der Waals surface area contributed by atoms with Gasteiger partial charge in [0.15, 0.2) is 15.7 Å². The molecule has 0 unspecified atom stereocenters. The summed E-state index contributed by atoms with van der Waals surface area (Å²) >= 11 is 0. The maximum Gasteiger partial charge on any atom is 0.319 e. The number of anilines is 2. The SMILES string of the molecule is CC(C)CNC(=O)Nc1ccc(-c2nc(N)cc(C3(S(=O)(=O)c4ccncc4)CC3)n2)cc1. The van der Waals surface area contributed by atoms with Crippen LogP contribution in [0.15, 0.2) is 59.8 Å². The highest BCUT2D eigenvalue weighted by Gasteiger charge is 2.57. The third-order valence-electron chi connectivity index (χ3n) is 5.46. The first-order valence-electron chi connectivity index (χ1n) is 10.7. The van der Waals surface area contributed by atoms with E-state index in [4.69, 9.17) is 5.73 Å². The van der Waals surface area contributed by atoms with Gasteiger partial charge in [-0.3, -0.25) is 4.98 Å². The lowest BCUT2D eigenvalue weighted by molar-refractivity contribution is 0.251. The molecule has 0 bridgehead atoms. The minimum atomic E-state index is -3.67. The van der Waals surface area contributed by atoms with Gasteiger partial charge in [0.25, 0.3) is 0 Å². The standard InChI is InChI=1S/C23H26N6O3S/c1-15(2)14-26-22(30)27-17-5-3-16(4-6-17)21-28-19(13-20(24)29-21)23(9-10-23)33(31,32)18-7-11-25-12-8-18/h3-8,11-13,15H,9-10,14H2,1-2H3,(H2,24,28,29)(H2,26,27,30). The fraction of sp³-hybridized carbons (Fsp3) is 0.304. The zero-order chi connectivity index (χ0) is 23.6. The smallest absolute Gasteiger partial charge is 0.319 e. The number of carbonyl (C=O) groups is 1. The highest BCUT2D eigenvalue weighted by atomic mass is 32.2. The summed E-state index contributed by atoms with van der Waals surface area (Å²) in [4.78, 5) is 25.0. The number of nitrogens with zero attached hydrogens (tertiary/aromatic N) is 3. The van der Waals surface area contributed by atoms with Crippen LogP contribution in [-0.2, 0) is 14.6 Å². The van der Waals surface area contributed by atoms with Crippen LogP contribution in [0.25, 0.3) is 11.4 Å². The third-order valence-corrected chi connectivity index (χ3v) is 8.00. The maximum absolute atomic E-state index is 13.3. The largest absolute Gasteiger partial charge is 0.384 e. The average Bonchev–Trinajstić information content (AvgIpc) is 3.61. The predicted molar refractivity (Wildman–Crippen MR) is 126 cm³/mol. The molecule has 2 heterocycles. The van der Waals surface area contributed by atoms with E-state index in [9.17, 15) is 13.2 Å². The van der Waals surface area contributed by atoms with Crippen molar-refractivity contribution in [3.05, 3.63) is 60.6 Å². The monoisotopic (exact) mass is 466 g/mol. The van der Waals surface area contributed by atoms with E-state index in [2.05, 4.69) is 25.6 Å². The number of rotatable bonds is 7. The third kappa shape index (κ3) is 4.65. The second-order valence-electron chi connectivity index (χ2n) is 8.49. The molecule has 1 aliphatic carbocycles. The summed E-state index contributed by atoms with van der Waals surface area (Å²) in [6.45, 7) is 4.61. The molecule has 4 rings (SSSR count). The van der Waals surface area contributed by atoms with E-state index < -0.39 is 14.6 Å². The number of sulfone groups is 1. The number of pyridine rings is 1. The zero-order valence-electron chi connectivity index (χ0n) is 18.4. The maximum atomic E-state index is 13.3. The number of aromatic nitrogens is 3. The molecule has 4 N–H and O–H groups in total. The second-order valence-corrected chi connectivity index (χ2v) is 10.7. The van der Waals surface area contributed by atoms with E-state index >= 15 is 0 Å². The number of benzene rings is 1. The molecule has 0 spiro atoms. The summed E-state index contributed by atoms with van der Waals surface area (Å²) in [7, 11) is -3.67. The Kier molecular flexibility index (Phi) is 6.03. The molecule has 9 nitrogen and oxygen atoms in total. The molecule has 3 aromatic rings. The first-order chi connectivity index (χ1) is 15.7. The van der Waals surface area contributed by atoms with Gasteiger partial charge in [-0.2, -0.15) is 0 Å². The summed E-state index contributed by atoms with van der Waals surface area (Å²) in [5.74, 6) is 0.878. The summed E-state index contributed by atoms with van der Waals surface area (Å²) in [5, 5.41) is 5.56. The number of hydrogen-bond acceptors (Lipinski definition) is 7. The molecule has 33 heavy (non-hydrogen) atoms. The van der Waals surface area contributed by atoms with E-state index in [0.717, 1.165) is 0 Å². The van der Waals surface area contributed by atoms with Crippen LogP contribution in [0.3, 0.4) is 0 Å². The molecule has 0 saturated heterocycles. The van der Waals surface area contributed by atoms with Crippen molar-refractivity contribution in [3.8, 4) is 11.4 Å². The molecule has 1 aliphatic rings. The number of nitrogen functional groups attached to an aromatic ring is 1. The molecule has 1 saturated carbocycles. The minimum absolute atomic E-state index is 0.196. The molecule has 1 aromatic carbocycles. The number of carbonyl (C=O) groups excluding carboxylic acids is 1. The average molecular weight is 467 g/mol. The van der Waals surface area contributed by atoms with Gasteiger partial charge < -0.3 is 16.4 Å². The molecule has 1 fully saturated rings. The number of nitrogens with two attached hydrogens (primary N) is 1. The normalized spacial score (nSPS) is 14.6. The van der Waals surface area contributed by atoms with Crippen LogP contribution in [-0.4, -0.2) is 35.9 Å². The Morgan fingerprint density at radius 2 is 1.76 bits per heavy atom. The quantitative estimate of drug-likeness (QED) is 0.485. The molecule has 10 heteroatoms. The van der Waals surface area contributed by atoms with Gasteiger partial charge in [0.05, 0.1) is 10.6 Å². The number of nitrogens with one attached hydrogen (secondary N) is 2. The topological polar surface area (TPSA) is 140 Å². The van der Waals surface area contributed by atoms with Gasteiger partial charge in [0.1, 0.15) is 10.6 Å². The molecular formula is C23H26N6O3S. The van der Waals surface area contributed by atoms with Gasteiger partial charge in [-0.1, -0.05) is 13.8 Å². The van der Waals surface area contributed by atoms with Crippen LogP contribution in [0.1, 0.15) is 32.4 Å². The van der Waals surface area contributed by atoms with Crippen molar-refractivity contribution < 1.29 is 13.2 Å². The van der Waals surface area contributed by atoms with Crippen LogP contribution in [0.2, 0.25) is 0 Å². The Bertz CT molecular complexity index is 1260. The van der Waals surface area contributed by atoms with Crippen molar-refractivity contribution in [2.24, 2.45) is 5.92 Å². The van der Waals surface area contributed by atoms with Gasteiger partial charge in [-0.25, -0.2) is 23.2 Å². The zero-order valence-corrected chi connectivity index (χ0v) is 19.3. The fourth-order valence-corrected chi connectivity index (χ4v) is 5.47. The number of amides is 2. The van der Waals surface area contributed by atoms with Crippen LogP contribution < -0.4 is 16.4 Å². The van der Waals surface area contributed by atoms with Crippen molar-refractivity contribution in [2.45, 2.75) is 36.3 Å². The van der Waals surface area contributed by atoms with Crippen molar-refractivity contribution in [1.29, 1.82) is 0 Å². The molecule has 0 aliphatic heterocycles. The highest BCUT2D eigenvalue weighted by molar-refractivity contribution is 7.92. The lowest BCUT2D eigenvalue weighted by Gasteiger charge is -2.17. The number of hydrogen-bond donors (Lipinski definition) is 3. The van der Waals surface area contributed by atoms with E-state index in [0.29, 0.717) is 48.1 Å². The Balaban J connectivity index is 1.59. The van der Waals surface area contributed by atoms with Gasteiger partial charge in [-0.05, 0) is 55.2 Å². The lowest BCUT2D eigenvalue weighted by Crippen LogP contribution is -2.31. The van der Waals surface area contributed by atoms with Crippen molar-refractivity contribution in [2.75, 3.05) is 17.6 Å². The first kappa shape index (κ1) is 22.7. The van der Waals surface area contributed by atoms with Crippen LogP contribution >= 0.6 is 0 Å². The molecule has 2 aromatic heterocycles. The molecule has 0 atom stereocenters. The van der Waals surface area contributed by atoms with E-state index in [1.165, 1.54) is 30.6 Å². The minimum Gasteiger partial charge on any atom is -0.384 e. The molecule has 2 amide bonds. The summed E-state index contributed by atoms with van der Waals surface area (Å²) in [6, 6.07) is 11.2. The van der Waals surface area contributed by atoms with Crippen LogP contribution in [0, 0.1) is 5.92 Å². The summed E-state index contributed by atoms with van der Waals surface area (Å²) < 4.78 is 25.6. The second kappa shape index (κ2) is 8.78. The fourth-order valence-electron chi connectivity index (χ4n) is 3.52. The molecule has 172 valence electrons. The Morgan fingerprint density at radius 1 is 1.09 bits per heavy atom. The van der Waals surface area contributed by atoms with E-state index in [-0.39, 0.29) is 16.7 Å². The van der Waals surface area contributed by atoms with Gasteiger partial charge in [-0.15, -0.1) is 0 Å². The highest BCUT2D eigenvalue weighted by Crippen LogP contribution is 2.54. The van der Waals surface area contributed by atoms with Crippen LogP contribution in [0.4, 0.5) is 16.3 Å². The molecular weight excluding hydrogens is 440 g/mol. The summed E-state index contributed by atoms with van der Waals surface area (Å²) in [6.07, 6.45) is 3.84. The van der Waals surface area contributed by atoms with Gasteiger partial charge >= 0.3 is 6.03 Å². The number of urea groups is 1. The Morgan fingerprint density at radius 3 is 2.36 bits per heavy atom. The van der Waals surface area contributed by atoms with E-state index in [1.54, 1.807) is 24.3 Å². The van der Waals surface area contributed by atoms with E-state index in [1.807, 2.05) is 13.8 Å². The van der Waals surface area contributed by atoms with Crippen molar-refractivity contribution in [3.63, 3.8) is 0 Å². The van der Waals surface area contributed by atoms with Crippen LogP contribution in [0.5, 0.6) is 0 Å². The van der Waals surface area contributed by atoms with Crippen molar-refractivity contribution in [1.82, 2.24) is 20.3 Å². The lowest BCUT2D eigenvalue weighted by atomic mass is 10.1. The first-order valence-corrected chi connectivity index (χ1v) is 12.1. The van der Waals surface area contributed by atoms with Gasteiger partial charge in [0, 0.05) is 36.3 Å². The predicted octanol–water partition coefficient (Wildman–Crippen LogP) is 3.36. The van der Waals surface area contributed by atoms with Gasteiger partial charge in [0.2, 0.25) is 0 Å². The Hall–Kier alpha value is -3.53. The Labute approximate surface area is 192 Å².